The molecule has 1 aromatic carbocycles. The fourth-order valence-electron chi connectivity index (χ4n) is 2.84. The van der Waals surface area contributed by atoms with Crippen LogP contribution in [0.1, 0.15) is 29.6 Å². The summed E-state index contributed by atoms with van der Waals surface area (Å²) in [6, 6.07) is 9.63. The molecule has 0 aliphatic carbocycles. The molecule has 19 heavy (non-hydrogen) atoms. The Balaban J connectivity index is 1.52. The van der Waals surface area contributed by atoms with Gasteiger partial charge in [-0.1, -0.05) is 30.3 Å². The monoisotopic (exact) mass is 275 g/mol. The van der Waals surface area contributed by atoms with Crippen LogP contribution in [0.3, 0.4) is 0 Å². The van der Waals surface area contributed by atoms with Crippen molar-refractivity contribution in [1.82, 2.24) is 4.90 Å². The number of thioether (sulfide) groups is 1. The fourth-order valence-corrected chi connectivity index (χ4v) is 4.27. The molecule has 2 heterocycles. The summed E-state index contributed by atoms with van der Waals surface area (Å²) in [5, 5.41) is 0.638. The number of carbonyl (C=O) groups excluding carboxylic acids is 2. The van der Waals surface area contributed by atoms with Crippen LogP contribution in [-0.2, 0) is 4.79 Å². The Morgan fingerprint density at radius 3 is 2.63 bits per heavy atom. The van der Waals surface area contributed by atoms with Crippen molar-refractivity contribution < 1.29 is 9.59 Å². The van der Waals surface area contributed by atoms with Crippen molar-refractivity contribution in [3.63, 3.8) is 0 Å². The van der Waals surface area contributed by atoms with E-state index < -0.39 is 0 Å². The highest BCUT2D eigenvalue weighted by Gasteiger charge is 2.40. The molecule has 2 aliphatic rings. The number of Topliss-reactive ketones (excluding diaryl/α,β-unsaturated/α-hetero) is 1. The summed E-state index contributed by atoms with van der Waals surface area (Å²) in [5.74, 6) is 1.29. The zero-order valence-electron chi connectivity index (χ0n) is 10.7. The summed E-state index contributed by atoms with van der Waals surface area (Å²) >= 11 is 1.97. The molecule has 0 spiro atoms. The van der Waals surface area contributed by atoms with Gasteiger partial charge in [-0.15, -0.1) is 0 Å². The number of ketones is 1. The summed E-state index contributed by atoms with van der Waals surface area (Å²) in [6.45, 7) is 0.883. The molecule has 3 rings (SSSR count). The number of hydrogen-bond acceptors (Lipinski definition) is 3. The van der Waals surface area contributed by atoms with Gasteiger partial charge in [-0.05, 0) is 6.42 Å². The lowest BCUT2D eigenvalue weighted by molar-refractivity contribution is -0.131. The summed E-state index contributed by atoms with van der Waals surface area (Å²) in [4.78, 5) is 26.1. The molecule has 2 fully saturated rings. The Bertz CT molecular complexity index is 488. The van der Waals surface area contributed by atoms with Crippen LogP contribution in [-0.4, -0.2) is 40.2 Å². The van der Waals surface area contributed by atoms with Crippen LogP contribution in [0.4, 0.5) is 0 Å². The van der Waals surface area contributed by atoms with Crippen LogP contribution < -0.4 is 0 Å². The van der Waals surface area contributed by atoms with Gasteiger partial charge in [0.05, 0.1) is 0 Å². The van der Waals surface area contributed by atoms with Gasteiger partial charge in [0.1, 0.15) is 0 Å². The van der Waals surface area contributed by atoms with Crippen LogP contribution in [0.15, 0.2) is 30.3 Å². The molecular formula is C15H17NO2S. The van der Waals surface area contributed by atoms with E-state index in [4.69, 9.17) is 0 Å². The van der Waals surface area contributed by atoms with Gasteiger partial charge in [0, 0.05) is 42.0 Å². The van der Waals surface area contributed by atoms with Crippen LogP contribution in [0, 0.1) is 0 Å². The van der Waals surface area contributed by atoms with Crippen molar-refractivity contribution in [2.45, 2.75) is 30.6 Å². The number of rotatable bonds is 4. The maximum Gasteiger partial charge on any atom is 0.223 e. The van der Waals surface area contributed by atoms with E-state index in [1.807, 2.05) is 34.9 Å². The summed E-state index contributed by atoms with van der Waals surface area (Å²) in [6.07, 6.45) is 1.81. The first kappa shape index (κ1) is 12.7. The first-order valence-corrected chi connectivity index (χ1v) is 7.78. The van der Waals surface area contributed by atoms with Gasteiger partial charge in [0.25, 0.3) is 0 Å². The quantitative estimate of drug-likeness (QED) is 0.792. The van der Waals surface area contributed by atoms with Gasteiger partial charge in [0.15, 0.2) is 5.78 Å². The molecule has 2 bridgehead atoms. The van der Waals surface area contributed by atoms with Crippen molar-refractivity contribution in [2.24, 2.45) is 0 Å². The van der Waals surface area contributed by atoms with Gasteiger partial charge < -0.3 is 4.90 Å². The average molecular weight is 275 g/mol. The minimum atomic E-state index is 0.0627. The lowest BCUT2D eigenvalue weighted by atomic mass is 10.1. The van der Waals surface area contributed by atoms with Crippen molar-refractivity contribution >= 4 is 23.5 Å². The van der Waals surface area contributed by atoms with Crippen LogP contribution in [0.5, 0.6) is 0 Å². The Kier molecular flexibility index (Phi) is 3.60. The van der Waals surface area contributed by atoms with E-state index in [1.165, 1.54) is 0 Å². The molecule has 1 amide bonds. The molecule has 3 nitrogen and oxygen atoms in total. The molecule has 2 saturated heterocycles. The van der Waals surface area contributed by atoms with Crippen LogP contribution in [0.25, 0.3) is 0 Å². The first-order chi connectivity index (χ1) is 9.24. The van der Waals surface area contributed by atoms with E-state index in [0.29, 0.717) is 29.7 Å². The van der Waals surface area contributed by atoms with Crippen LogP contribution in [0.2, 0.25) is 0 Å². The van der Waals surface area contributed by atoms with Crippen molar-refractivity contribution in [1.29, 1.82) is 0 Å². The van der Waals surface area contributed by atoms with E-state index >= 15 is 0 Å². The third kappa shape index (κ3) is 2.68. The number of benzene rings is 1. The smallest absolute Gasteiger partial charge is 0.223 e. The van der Waals surface area contributed by atoms with Gasteiger partial charge in [0.2, 0.25) is 5.91 Å². The average Bonchev–Trinajstić information content (AvgIpc) is 3.08. The number of hydrogen-bond donors (Lipinski definition) is 0. The number of likely N-dealkylation sites (tertiary alicyclic amines) is 1. The molecule has 0 radical (unpaired) electrons. The second-order valence-corrected chi connectivity index (χ2v) is 6.51. The summed E-state index contributed by atoms with van der Waals surface area (Å²) < 4.78 is 0. The molecule has 0 N–H and O–H groups in total. The lowest BCUT2D eigenvalue weighted by Gasteiger charge is -2.26. The second-order valence-electron chi connectivity index (χ2n) is 5.18. The lowest BCUT2D eigenvalue weighted by Crippen LogP contribution is -2.39. The molecule has 0 aromatic heterocycles. The Morgan fingerprint density at radius 2 is 2.00 bits per heavy atom. The number of amides is 1. The molecule has 2 unspecified atom stereocenters. The highest BCUT2D eigenvalue weighted by atomic mass is 32.2. The third-order valence-corrected chi connectivity index (χ3v) is 5.27. The van der Waals surface area contributed by atoms with Crippen molar-refractivity contribution in [3.8, 4) is 0 Å². The van der Waals surface area contributed by atoms with E-state index in [2.05, 4.69) is 0 Å². The second kappa shape index (κ2) is 5.37. The van der Waals surface area contributed by atoms with Crippen molar-refractivity contribution in [3.05, 3.63) is 35.9 Å². The Hall–Kier alpha value is -1.29. The zero-order valence-corrected chi connectivity index (χ0v) is 11.6. The third-order valence-electron chi connectivity index (χ3n) is 3.88. The standard InChI is InChI=1S/C15H17NO2S/c17-14(11-4-2-1-3-5-11)6-7-15(18)16-9-13-8-12(16)10-19-13/h1-5,12-13H,6-10H2. The predicted molar refractivity (Wildman–Crippen MR) is 76.4 cm³/mol. The van der Waals surface area contributed by atoms with Gasteiger partial charge in [-0.2, -0.15) is 11.8 Å². The van der Waals surface area contributed by atoms with E-state index in [-0.39, 0.29) is 11.7 Å². The molecule has 2 atom stereocenters. The molecule has 100 valence electrons. The van der Waals surface area contributed by atoms with Crippen molar-refractivity contribution in [2.75, 3.05) is 12.3 Å². The zero-order chi connectivity index (χ0) is 13.2. The largest absolute Gasteiger partial charge is 0.338 e. The molecule has 0 saturated carbocycles. The number of nitrogens with zero attached hydrogens (tertiary/aromatic N) is 1. The SMILES string of the molecule is O=C(CCC(=O)N1CC2CC1CS2)c1ccccc1. The van der Waals surface area contributed by atoms with E-state index in [1.54, 1.807) is 12.1 Å². The molecule has 4 heteroatoms. The highest BCUT2D eigenvalue weighted by molar-refractivity contribution is 8.00. The number of carbonyl (C=O) groups is 2. The molecule has 2 aliphatic heterocycles. The minimum absolute atomic E-state index is 0.0627. The van der Waals surface area contributed by atoms with Gasteiger partial charge in [-0.3, -0.25) is 9.59 Å². The predicted octanol–water partition coefficient (Wildman–Crippen LogP) is 2.37. The minimum Gasteiger partial charge on any atom is -0.338 e. The van der Waals surface area contributed by atoms with E-state index in [0.717, 1.165) is 18.7 Å². The Labute approximate surface area is 117 Å². The number of fused-ring (bicyclic) bond motifs is 2. The Morgan fingerprint density at radius 1 is 1.21 bits per heavy atom. The maximum atomic E-state index is 12.1. The topological polar surface area (TPSA) is 37.4 Å². The maximum absolute atomic E-state index is 12.1. The van der Waals surface area contributed by atoms with Gasteiger partial charge >= 0.3 is 0 Å². The van der Waals surface area contributed by atoms with Crippen LogP contribution >= 0.6 is 11.8 Å². The summed E-state index contributed by atoms with van der Waals surface area (Å²) in [7, 11) is 0. The van der Waals surface area contributed by atoms with Gasteiger partial charge in [-0.25, -0.2) is 0 Å². The normalized spacial score (nSPS) is 24.7. The highest BCUT2D eigenvalue weighted by Crippen LogP contribution is 2.37. The molecular weight excluding hydrogens is 258 g/mol. The summed E-state index contributed by atoms with van der Waals surface area (Å²) in [5.41, 5.74) is 0.703. The molecule has 1 aromatic rings. The van der Waals surface area contributed by atoms with E-state index in [9.17, 15) is 9.59 Å². The fraction of sp³-hybridized carbons (Fsp3) is 0.467. The first-order valence-electron chi connectivity index (χ1n) is 6.73.